The van der Waals surface area contributed by atoms with Crippen LogP contribution in [0.5, 0.6) is 5.88 Å². The van der Waals surface area contributed by atoms with E-state index in [4.69, 9.17) is 21.1 Å². The highest BCUT2D eigenvalue weighted by atomic mass is 35.5. The normalized spacial score (nSPS) is 14.1. The average molecular weight is 608 g/mol. The molecular weight excluding hydrogens is 586 g/mol. The number of ether oxygens (including phenoxy) is 2. The summed E-state index contributed by atoms with van der Waals surface area (Å²) in [6.45, 7) is 3.38. The first kappa shape index (κ1) is 29.2. The minimum Gasteiger partial charge on any atom is -0.477 e. The molecule has 220 valence electrons. The monoisotopic (exact) mass is 607 g/mol. The zero-order valence-electron chi connectivity index (χ0n) is 21.6. The summed E-state index contributed by atoms with van der Waals surface area (Å²) in [4.78, 5) is 26.9. The topological polar surface area (TPSA) is 128 Å². The van der Waals surface area contributed by atoms with Crippen LogP contribution in [0.1, 0.15) is 16.1 Å². The quantitative estimate of drug-likeness (QED) is 0.259. The molecule has 1 aliphatic heterocycles. The molecule has 2 N–H and O–H groups in total. The van der Waals surface area contributed by atoms with Crippen molar-refractivity contribution < 1.29 is 36.9 Å². The highest BCUT2D eigenvalue weighted by molar-refractivity contribution is 6.31. The first-order valence-electron chi connectivity index (χ1n) is 12.5. The van der Waals surface area contributed by atoms with Gasteiger partial charge in [0.15, 0.2) is 11.5 Å². The van der Waals surface area contributed by atoms with Gasteiger partial charge in [-0.05, 0) is 30.3 Å². The summed E-state index contributed by atoms with van der Waals surface area (Å²) in [5.74, 6) is -2.28. The Hall–Kier alpha value is -4.34. The van der Waals surface area contributed by atoms with E-state index in [2.05, 4.69) is 30.3 Å². The van der Waals surface area contributed by atoms with Gasteiger partial charge < -0.3 is 19.9 Å². The van der Waals surface area contributed by atoms with E-state index in [1.165, 1.54) is 30.6 Å². The second-order valence-electron chi connectivity index (χ2n) is 9.01. The number of nitrogens with zero attached hydrogens (tertiary/aromatic N) is 6. The summed E-state index contributed by atoms with van der Waals surface area (Å²) in [6.07, 6.45) is -1.09. The van der Waals surface area contributed by atoms with Crippen LogP contribution in [-0.4, -0.2) is 80.2 Å². The van der Waals surface area contributed by atoms with Gasteiger partial charge in [0, 0.05) is 55.0 Å². The van der Waals surface area contributed by atoms with Crippen LogP contribution in [-0.2, 0) is 10.9 Å². The Labute approximate surface area is 240 Å². The number of hydrogen-bond donors (Lipinski definition) is 2. The third-order valence-corrected chi connectivity index (χ3v) is 6.47. The number of hydrogen-bond acceptors (Lipinski definition) is 9. The van der Waals surface area contributed by atoms with Crippen LogP contribution in [0.2, 0.25) is 5.02 Å². The number of halogens is 5. The molecule has 0 aliphatic carbocycles. The van der Waals surface area contributed by atoms with Gasteiger partial charge in [0.2, 0.25) is 11.8 Å². The van der Waals surface area contributed by atoms with E-state index < -0.39 is 23.7 Å². The third-order valence-electron chi connectivity index (χ3n) is 6.18. The first-order valence-corrected chi connectivity index (χ1v) is 12.9. The molecule has 0 unspecified atom stereocenters. The summed E-state index contributed by atoms with van der Waals surface area (Å²) >= 11 is 5.83. The zero-order chi connectivity index (χ0) is 29.9. The van der Waals surface area contributed by atoms with Gasteiger partial charge in [-0.1, -0.05) is 11.6 Å². The predicted molar refractivity (Wildman–Crippen MR) is 142 cm³/mol. The molecular formula is C26H22ClF4N7O4. The van der Waals surface area contributed by atoms with Crippen LogP contribution in [0.3, 0.4) is 0 Å². The Balaban J connectivity index is 1.48. The lowest BCUT2D eigenvalue weighted by Crippen LogP contribution is -2.38. The van der Waals surface area contributed by atoms with Gasteiger partial charge in [0.25, 0.3) is 0 Å². The van der Waals surface area contributed by atoms with Crippen molar-refractivity contribution in [1.29, 1.82) is 0 Å². The fourth-order valence-corrected chi connectivity index (χ4v) is 4.25. The maximum Gasteiger partial charge on any atom is 0.435 e. The largest absolute Gasteiger partial charge is 0.477 e. The van der Waals surface area contributed by atoms with Crippen molar-refractivity contribution in [3.05, 3.63) is 71.0 Å². The summed E-state index contributed by atoms with van der Waals surface area (Å²) < 4.78 is 65.4. The molecule has 1 saturated heterocycles. The molecule has 0 amide bonds. The van der Waals surface area contributed by atoms with Crippen molar-refractivity contribution in [1.82, 2.24) is 29.6 Å². The SMILES string of the molecule is O=C(O)c1cc(-c2cnc(Nc3ccc(F)c(Cl)c3)nc2-n2ccc(C(F)(F)F)n2)cnc1OCCN1CCOCC1. The lowest BCUT2D eigenvalue weighted by Gasteiger charge is -2.26. The Kier molecular flexibility index (Phi) is 8.51. The van der Waals surface area contributed by atoms with Crippen molar-refractivity contribution in [2.24, 2.45) is 0 Å². The van der Waals surface area contributed by atoms with E-state index in [0.29, 0.717) is 25.4 Å². The number of carboxylic acids is 1. The predicted octanol–water partition coefficient (Wildman–Crippen LogP) is 4.69. The number of rotatable bonds is 9. The second-order valence-corrected chi connectivity index (χ2v) is 9.42. The van der Waals surface area contributed by atoms with Crippen molar-refractivity contribution in [2.75, 3.05) is 44.8 Å². The number of nitrogens with one attached hydrogen (secondary N) is 1. The van der Waals surface area contributed by atoms with Crippen molar-refractivity contribution >= 4 is 29.2 Å². The Morgan fingerprint density at radius 1 is 1.14 bits per heavy atom. The standard InChI is InChI=1S/C26H22ClF4N7O4/c27-19-12-16(1-2-20(19)28)34-25-33-14-18(22(35-25)38-4-3-21(36-38)26(29,30)31)15-11-17(24(39)40)23(32-13-15)42-10-7-37-5-8-41-9-6-37/h1-4,11-14H,5-10H2,(H,39,40)(H,33,34,35). The minimum absolute atomic E-state index is 0.0741. The van der Waals surface area contributed by atoms with Crippen LogP contribution in [0.4, 0.5) is 29.2 Å². The van der Waals surface area contributed by atoms with Crippen LogP contribution in [0, 0.1) is 5.82 Å². The third kappa shape index (κ3) is 6.75. The summed E-state index contributed by atoms with van der Waals surface area (Å²) in [7, 11) is 0. The zero-order valence-corrected chi connectivity index (χ0v) is 22.4. The molecule has 42 heavy (non-hydrogen) atoms. The number of alkyl halides is 3. The van der Waals surface area contributed by atoms with Crippen LogP contribution in [0.15, 0.2) is 48.9 Å². The molecule has 11 nitrogen and oxygen atoms in total. The lowest BCUT2D eigenvalue weighted by atomic mass is 10.1. The molecule has 4 heterocycles. The summed E-state index contributed by atoms with van der Waals surface area (Å²) in [6, 6.07) is 5.80. The molecule has 0 bridgehead atoms. The molecule has 16 heteroatoms. The Morgan fingerprint density at radius 3 is 2.62 bits per heavy atom. The first-order chi connectivity index (χ1) is 20.1. The van der Waals surface area contributed by atoms with Gasteiger partial charge in [-0.3, -0.25) is 4.90 Å². The average Bonchev–Trinajstić information content (AvgIpc) is 3.47. The van der Waals surface area contributed by atoms with Crippen molar-refractivity contribution in [2.45, 2.75) is 6.18 Å². The van der Waals surface area contributed by atoms with Gasteiger partial charge in [-0.2, -0.15) is 23.3 Å². The number of pyridine rings is 1. The fraction of sp³-hybridized carbons (Fsp3) is 0.269. The van der Waals surface area contributed by atoms with E-state index in [1.54, 1.807) is 0 Å². The van der Waals surface area contributed by atoms with E-state index >= 15 is 0 Å². The number of aromatic carboxylic acids is 1. The van der Waals surface area contributed by atoms with Crippen LogP contribution >= 0.6 is 11.6 Å². The van der Waals surface area contributed by atoms with Crippen molar-refractivity contribution in [3.63, 3.8) is 0 Å². The van der Waals surface area contributed by atoms with Crippen LogP contribution in [0.25, 0.3) is 16.9 Å². The maximum atomic E-state index is 13.6. The highest BCUT2D eigenvalue weighted by Crippen LogP contribution is 2.32. The molecule has 4 aromatic rings. The van der Waals surface area contributed by atoms with E-state index in [-0.39, 0.29) is 46.0 Å². The van der Waals surface area contributed by atoms with E-state index in [1.807, 2.05) is 0 Å². The molecule has 0 spiro atoms. The highest BCUT2D eigenvalue weighted by Gasteiger charge is 2.34. The Bertz CT molecular complexity index is 1600. The maximum absolute atomic E-state index is 13.6. The Morgan fingerprint density at radius 2 is 1.93 bits per heavy atom. The minimum atomic E-state index is -4.72. The smallest absolute Gasteiger partial charge is 0.435 e. The number of carboxylic acid groups (broad SMARTS) is 1. The number of anilines is 2. The summed E-state index contributed by atoms with van der Waals surface area (Å²) in [5, 5.41) is 16.1. The van der Waals surface area contributed by atoms with Crippen LogP contribution < -0.4 is 10.1 Å². The van der Waals surface area contributed by atoms with E-state index in [9.17, 15) is 27.5 Å². The van der Waals surface area contributed by atoms with Gasteiger partial charge >= 0.3 is 12.1 Å². The second kappa shape index (κ2) is 12.3. The fourth-order valence-electron chi connectivity index (χ4n) is 4.07. The summed E-state index contributed by atoms with van der Waals surface area (Å²) in [5.41, 5.74) is -0.807. The molecule has 5 rings (SSSR count). The number of morpholine rings is 1. The molecule has 1 aromatic carbocycles. The van der Waals surface area contributed by atoms with Gasteiger partial charge in [-0.25, -0.2) is 23.8 Å². The van der Waals surface area contributed by atoms with Gasteiger partial charge in [0.1, 0.15) is 18.0 Å². The van der Waals surface area contributed by atoms with Gasteiger partial charge in [0.05, 0.1) is 18.2 Å². The molecule has 1 aliphatic rings. The molecule has 0 radical (unpaired) electrons. The molecule has 1 fully saturated rings. The number of aromatic nitrogens is 5. The van der Waals surface area contributed by atoms with Gasteiger partial charge in [-0.15, -0.1) is 0 Å². The number of carbonyl (C=O) groups is 1. The van der Waals surface area contributed by atoms with Crippen molar-refractivity contribution in [3.8, 4) is 22.8 Å². The lowest BCUT2D eigenvalue weighted by molar-refractivity contribution is -0.141. The molecule has 0 saturated carbocycles. The van der Waals surface area contributed by atoms with E-state index in [0.717, 1.165) is 36.1 Å². The molecule has 3 aromatic heterocycles. The molecule has 0 atom stereocenters. The number of benzene rings is 1.